The van der Waals surface area contributed by atoms with E-state index >= 15 is 0 Å². The second-order valence-electron chi connectivity index (χ2n) is 5.78. The predicted molar refractivity (Wildman–Crippen MR) is 110 cm³/mol. The molecule has 2 aromatic carbocycles. The number of hydrogen-bond acceptors (Lipinski definition) is 7. The van der Waals surface area contributed by atoms with Crippen LogP contribution < -0.4 is 9.74 Å². The number of esters is 1. The molecule has 0 spiro atoms. The molecule has 11 heteroatoms. The Morgan fingerprint density at radius 1 is 1.07 bits per heavy atom. The molecule has 0 aliphatic rings. The molecule has 0 saturated carbocycles. The van der Waals surface area contributed by atoms with Crippen LogP contribution >= 0.6 is 23.2 Å². The smallest absolute Gasteiger partial charge is 0.362 e. The van der Waals surface area contributed by atoms with E-state index in [1.54, 1.807) is 37.3 Å². The Labute approximate surface area is 181 Å². The zero-order chi connectivity index (χ0) is 21.9. The van der Waals surface area contributed by atoms with Crippen LogP contribution in [0.3, 0.4) is 0 Å². The first-order valence-corrected chi connectivity index (χ1v) is 10.7. The van der Waals surface area contributed by atoms with Crippen molar-refractivity contribution in [1.29, 1.82) is 0 Å². The molecule has 0 N–H and O–H groups in total. The van der Waals surface area contributed by atoms with Gasteiger partial charge in [-0.2, -0.15) is 18.2 Å². The van der Waals surface area contributed by atoms with Crippen LogP contribution in [0.1, 0.15) is 17.4 Å². The van der Waals surface area contributed by atoms with Crippen molar-refractivity contribution in [1.82, 2.24) is 9.78 Å². The van der Waals surface area contributed by atoms with E-state index in [0.717, 1.165) is 16.8 Å². The van der Waals surface area contributed by atoms with E-state index < -0.39 is 33.1 Å². The van der Waals surface area contributed by atoms with Crippen molar-refractivity contribution < 1.29 is 22.1 Å². The van der Waals surface area contributed by atoms with Crippen molar-refractivity contribution in [2.45, 2.75) is 11.8 Å². The summed E-state index contributed by atoms with van der Waals surface area (Å²) in [6.45, 7) is 1.57. The summed E-state index contributed by atoms with van der Waals surface area (Å²) >= 11 is 11.7. The minimum atomic E-state index is -4.46. The average molecular weight is 469 g/mol. The largest absolute Gasteiger partial charge is 0.461 e. The maximum atomic E-state index is 12.7. The van der Waals surface area contributed by atoms with Crippen molar-refractivity contribution in [2.75, 3.05) is 6.61 Å². The van der Waals surface area contributed by atoms with Gasteiger partial charge < -0.3 is 8.92 Å². The van der Waals surface area contributed by atoms with Crippen molar-refractivity contribution >= 4 is 39.3 Å². The van der Waals surface area contributed by atoms with Gasteiger partial charge in [0.25, 0.3) is 5.56 Å². The molecule has 0 amide bonds. The monoisotopic (exact) mass is 468 g/mol. The summed E-state index contributed by atoms with van der Waals surface area (Å²) in [5.41, 5.74) is -0.829. The molecular formula is C19H14Cl2N2O6S. The van der Waals surface area contributed by atoms with Crippen LogP contribution in [0, 0.1) is 0 Å². The first kappa shape index (κ1) is 21.8. The molecule has 0 unspecified atom stereocenters. The number of hydrogen-bond donors (Lipinski definition) is 0. The molecule has 3 aromatic rings. The highest BCUT2D eigenvalue weighted by Crippen LogP contribution is 2.27. The molecule has 0 aliphatic carbocycles. The molecule has 0 aliphatic heterocycles. The highest BCUT2D eigenvalue weighted by molar-refractivity contribution is 7.87. The molecule has 0 radical (unpaired) electrons. The molecule has 1 heterocycles. The normalized spacial score (nSPS) is 11.2. The fourth-order valence-corrected chi connectivity index (χ4v) is 3.72. The molecule has 0 bridgehead atoms. The topological polar surface area (TPSA) is 105 Å². The number of para-hydroxylation sites is 1. The van der Waals surface area contributed by atoms with Gasteiger partial charge in [-0.05, 0) is 37.3 Å². The number of ether oxygens (including phenoxy) is 1. The van der Waals surface area contributed by atoms with Gasteiger partial charge in [0, 0.05) is 0 Å². The quantitative estimate of drug-likeness (QED) is 0.402. The van der Waals surface area contributed by atoms with Crippen LogP contribution in [0.2, 0.25) is 10.0 Å². The van der Waals surface area contributed by atoms with Crippen LogP contribution in [0.25, 0.3) is 5.69 Å². The van der Waals surface area contributed by atoms with Gasteiger partial charge in [-0.1, -0.05) is 41.4 Å². The van der Waals surface area contributed by atoms with E-state index in [1.165, 1.54) is 12.1 Å². The molecule has 0 saturated heterocycles. The van der Waals surface area contributed by atoms with Crippen LogP contribution in [0.4, 0.5) is 0 Å². The summed E-state index contributed by atoms with van der Waals surface area (Å²) in [6.07, 6.45) is 0. The molecule has 0 atom stereocenters. The van der Waals surface area contributed by atoms with Gasteiger partial charge in [0.1, 0.15) is 4.90 Å². The van der Waals surface area contributed by atoms with Crippen molar-refractivity contribution in [3.8, 4) is 11.4 Å². The maximum Gasteiger partial charge on any atom is 0.362 e. The van der Waals surface area contributed by atoms with Gasteiger partial charge in [-0.25, -0.2) is 4.79 Å². The number of carbonyl (C=O) groups is 1. The third kappa shape index (κ3) is 4.64. The Hall–Kier alpha value is -2.88. The van der Waals surface area contributed by atoms with Crippen LogP contribution in [0.15, 0.2) is 64.3 Å². The Bertz CT molecular complexity index is 1260. The Morgan fingerprint density at radius 3 is 2.40 bits per heavy atom. The zero-order valence-electron chi connectivity index (χ0n) is 15.4. The summed E-state index contributed by atoms with van der Waals surface area (Å²) in [5.74, 6) is -1.53. The minimum absolute atomic E-state index is 0.00393. The van der Waals surface area contributed by atoms with E-state index in [1.807, 2.05) is 0 Å². The Balaban J connectivity index is 2.11. The van der Waals surface area contributed by atoms with Crippen molar-refractivity contribution in [3.63, 3.8) is 0 Å². The van der Waals surface area contributed by atoms with E-state index in [2.05, 4.69) is 5.10 Å². The zero-order valence-corrected chi connectivity index (χ0v) is 17.7. The highest BCUT2D eigenvalue weighted by atomic mass is 35.5. The molecule has 3 rings (SSSR count). The summed E-state index contributed by atoms with van der Waals surface area (Å²) in [7, 11) is -4.46. The standard InChI is InChI=1S/C19H14Cl2N2O6S/c1-2-28-19(25)18-16(11-17(24)23(22-18)12-6-4-3-5-7-12)29-30(26,27)13-8-9-14(20)15(21)10-13/h3-11H,2H2,1H3. The highest BCUT2D eigenvalue weighted by Gasteiger charge is 2.26. The second-order valence-corrected chi connectivity index (χ2v) is 8.14. The first-order chi connectivity index (χ1) is 14.2. The number of aromatic nitrogens is 2. The van der Waals surface area contributed by atoms with Crippen LogP contribution in [-0.4, -0.2) is 30.8 Å². The lowest BCUT2D eigenvalue weighted by atomic mass is 10.3. The fraction of sp³-hybridized carbons (Fsp3) is 0.105. The van der Waals surface area contributed by atoms with Gasteiger partial charge >= 0.3 is 16.1 Å². The lowest BCUT2D eigenvalue weighted by molar-refractivity contribution is 0.0515. The van der Waals surface area contributed by atoms with Gasteiger partial charge in [0.15, 0.2) is 5.75 Å². The summed E-state index contributed by atoms with van der Waals surface area (Å²) in [4.78, 5) is 24.6. The molecule has 30 heavy (non-hydrogen) atoms. The summed E-state index contributed by atoms with van der Waals surface area (Å²) in [6, 6.07) is 12.7. The van der Waals surface area contributed by atoms with Gasteiger partial charge in [0.2, 0.25) is 5.69 Å². The molecule has 156 valence electrons. The average Bonchev–Trinajstić information content (AvgIpc) is 2.70. The molecular weight excluding hydrogens is 455 g/mol. The number of halogens is 2. The number of benzene rings is 2. The lowest BCUT2D eigenvalue weighted by Gasteiger charge is -2.12. The van der Waals surface area contributed by atoms with Gasteiger partial charge in [0.05, 0.1) is 28.4 Å². The molecule has 1 aromatic heterocycles. The van der Waals surface area contributed by atoms with E-state index in [-0.39, 0.29) is 21.5 Å². The van der Waals surface area contributed by atoms with Gasteiger partial charge in [-0.15, -0.1) is 0 Å². The summed E-state index contributed by atoms with van der Waals surface area (Å²) < 4.78 is 36.2. The van der Waals surface area contributed by atoms with Crippen molar-refractivity contribution in [3.05, 3.63) is 80.7 Å². The Kier molecular flexibility index (Phi) is 6.45. The SMILES string of the molecule is CCOC(=O)c1nn(-c2ccccc2)c(=O)cc1OS(=O)(=O)c1ccc(Cl)c(Cl)c1. The van der Waals surface area contributed by atoms with E-state index in [9.17, 15) is 18.0 Å². The third-order valence-corrected chi connectivity index (χ3v) is 5.71. The lowest BCUT2D eigenvalue weighted by Crippen LogP contribution is -2.26. The first-order valence-electron chi connectivity index (χ1n) is 8.49. The number of carbonyl (C=O) groups excluding carboxylic acids is 1. The molecule has 0 fully saturated rings. The predicted octanol–water partition coefficient (Wildman–Crippen LogP) is 3.48. The number of rotatable bonds is 6. The van der Waals surface area contributed by atoms with Gasteiger partial charge in [-0.3, -0.25) is 4.79 Å². The maximum absolute atomic E-state index is 12.7. The summed E-state index contributed by atoms with van der Waals surface area (Å²) in [5, 5.41) is 4.10. The minimum Gasteiger partial charge on any atom is -0.461 e. The Morgan fingerprint density at radius 2 is 1.77 bits per heavy atom. The van der Waals surface area contributed by atoms with E-state index in [4.69, 9.17) is 32.1 Å². The van der Waals surface area contributed by atoms with Crippen LogP contribution in [-0.2, 0) is 14.9 Å². The second kappa shape index (κ2) is 8.86. The van der Waals surface area contributed by atoms with Crippen molar-refractivity contribution in [2.24, 2.45) is 0 Å². The number of nitrogens with zero attached hydrogens (tertiary/aromatic N) is 2. The van der Waals surface area contributed by atoms with Crippen LogP contribution in [0.5, 0.6) is 5.75 Å². The molecule has 8 nitrogen and oxygen atoms in total. The third-order valence-electron chi connectivity index (χ3n) is 3.75. The fourth-order valence-electron chi connectivity index (χ4n) is 2.40. The van der Waals surface area contributed by atoms with E-state index in [0.29, 0.717) is 5.69 Å².